The van der Waals surface area contributed by atoms with E-state index in [2.05, 4.69) is 0 Å². The van der Waals surface area contributed by atoms with E-state index in [-0.39, 0.29) is 29.8 Å². The van der Waals surface area contributed by atoms with Crippen molar-refractivity contribution in [3.05, 3.63) is 66.0 Å². The molecule has 2 aromatic rings. The van der Waals surface area contributed by atoms with Crippen molar-refractivity contribution >= 4 is 15.9 Å². The Bertz CT molecular complexity index is 894. The molecule has 1 heterocycles. The van der Waals surface area contributed by atoms with Crippen molar-refractivity contribution in [2.75, 3.05) is 26.2 Å². The molecule has 1 aliphatic heterocycles. The number of amides is 1. The third-order valence-corrected chi connectivity index (χ3v) is 6.77. The minimum absolute atomic E-state index is 0.0224. The van der Waals surface area contributed by atoms with Crippen molar-refractivity contribution in [2.24, 2.45) is 0 Å². The molecular formula is C20H23FN2O3S. The van der Waals surface area contributed by atoms with E-state index >= 15 is 0 Å². The first-order valence-corrected chi connectivity index (χ1v) is 10.4. The van der Waals surface area contributed by atoms with Crippen LogP contribution >= 0.6 is 0 Å². The normalized spacial score (nSPS) is 16.9. The maximum absolute atomic E-state index is 13.4. The van der Waals surface area contributed by atoms with Crippen LogP contribution in [0.15, 0.2) is 59.5 Å². The second kappa shape index (κ2) is 8.19. The van der Waals surface area contributed by atoms with Gasteiger partial charge in [0.15, 0.2) is 0 Å². The second-order valence-electron chi connectivity index (χ2n) is 6.76. The zero-order valence-electron chi connectivity index (χ0n) is 15.2. The van der Waals surface area contributed by atoms with Gasteiger partial charge in [-0.25, -0.2) is 12.8 Å². The van der Waals surface area contributed by atoms with Gasteiger partial charge < -0.3 is 4.90 Å². The van der Waals surface area contributed by atoms with E-state index in [1.54, 1.807) is 4.90 Å². The van der Waals surface area contributed by atoms with Gasteiger partial charge in [-0.15, -0.1) is 0 Å². The topological polar surface area (TPSA) is 57.7 Å². The number of carbonyl (C=O) groups excluding carboxylic acids is 1. The average Bonchev–Trinajstić information content (AvgIpc) is 2.68. The Balaban J connectivity index is 1.59. The van der Waals surface area contributed by atoms with Gasteiger partial charge in [-0.05, 0) is 29.7 Å². The fourth-order valence-corrected chi connectivity index (χ4v) is 4.70. The highest BCUT2D eigenvalue weighted by atomic mass is 32.2. The van der Waals surface area contributed by atoms with Crippen molar-refractivity contribution in [2.45, 2.75) is 24.2 Å². The van der Waals surface area contributed by atoms with Crippen LogP contribution in [-0.4, -0.2) is 49.7 Å². The Morgan fingerprint density at radius 1 is 1.04 bits per heavy atom. The van der Waals surface area contributed by atoms with Gasteiger partial charge in [0.1, 0.15) is 5.82 Å². The first-order chi connectivity index (χ1) is 12.9. The smallest absolute Gasteiger partial charge is 0.243 e. The molecule has 0 bridgehead atoms. The minimum Gasteiger partial charge on any atom is -0.340 e. The molecule has 1 saturated heterocycles. The van der Waals surface area contributed by atoms with Gasteiger partial charge in [0.2, 0.25) is 15.9 Å². The maximum atomic E-state index is 13.4. The fraction of sp³-hybridized carbons (Fsp3) is 0.350. The Morgan fingerprint density at radius 2 is 1.70 bits per heavy atom. The summed E-state index contributed by atoms with van der Waals surface area (Å²) in [5.74, 6) is -0.457. The molecule has 0 radical (unpaired) electrons. The lowest BCUT2D eigenvalue weighted by atomic mass is 9.97. The maximum Gasteiger partial charge on any atom is 0.243 e. The first-order valence-electron chi connectivity index (χ1n) is 8.96. The number of rotatable bonds is 5. The molecule has 1 amide bonds. The molecule has 3 rings (SSSR count). The summed E-state index contributed by atoms with van der Waals surface area (Å²) in [6.07, 6.45) is 0.390. The molecule has 1 fully saturated rings. The van der Waals surface area contributed by atoms with Crippen molar-refractivity contribution in [1.82, 2.24) is 9.21 Å². The fourth-order valence-electron chi connectivity index (χ4n) is 3.24. The molecule has 2 aromatic carbocycles. The van der Waals surface area contributed by atoms with E-state index in [1.165, 1.54) is 22.5 Å². The molecule has 7 heteroatoms. The number of nitrogens with zero attached hydrogens (tertiary/aromatic N) is 2. The second-order valence-corrected chi connectivity index (χ2v) is 8.70. The Kier molecular flexibility index (Phi) is 5.92. The highest BCUT2D eigenvalue weighted by Gasteiger charge is 2.30. The summed E-state index contributed by atoms with van der Waals surface area (Å²) in [6, 6.07) is 14.8. The van der Waals surface area contributed by atoms with Crippen LogP contribution in [0.1, 0.15) is 24.8 Å². The number of hydrogen-bond acceptors (Lipinski definition) is 3. The van der Waals surface area contributed by atoms with Crippen LogP contribution in [0.5, 0.6) is 0 Å². The highest BCUT2D eigenvalue weighted by Crippen LogP contribution is 2.22. The van der Waals surface area contributed by atoms with Gasteiger partial charge in [0.25, 0.3) is 0 Å². The quantitative estimate of drug-likeness (QED) is 0.789. The number of sulfonamides is 1. The lowest BCUT2D eigenvalue weighted by Gasteiger charge is -2.34. The predicted molar refractivity (Wildman–Crippen MR) is 101 cm³/mol. The van der Waals surface area contributed by atoms with Crippen molar-refractivity contribution < 1.29 is 17.6 Å². The zero-order valence-corrected chi connectivity index (χ0v) is 16.0. The molecule has 0 aromatic heterocycles. The van der Waals surface area contributed by atoms with Gasteiger partial charge in [-0.1, -0.05) is 43.3 Å². The van der Waals surface area contributed by atoms with E-state index in [4.69, 9.17) is 0 Å². The first kappa shape index (κ1) is 19.5. The summed E-state index contributed by atoms with van der Waals surface area (Å²) < 4.78 is 39.9. The third kappa shape index (κ3) is 4.54. The predicted octanol–water partition coefficient (Wildman–Crippen LogP) is 2.85. The number of hydrogen-bond donors (Lipinski definition) is 0. The SMILES string of the molecule is C[C@H](CC(=O)N1CCN(S(=O)(=O)c2cccc(F)c2)CC1)c1ccccc1. The zero-order chi connectivity index (χ0) is 19.4. The molecule has 0 unspecified atom stereocenters. The van der Waals surface area contributed by atoms with Crippen molar-refractivity contribution in [3.8, 4) is 0 Å². The van der Waals surface area contributed by atoms with Crippen LogP contribution in [0.4, 0.5) is 4.39 Å². The summed E-state index contributed by atoms with van der Waals surface area (Å²) in [5.41, 5.74) is 1.11. The summed E-state index contributed by atoms with van der Waals surface area (Å²) in [4.78, 5) is 14.2. The standard InChI is InChI=1S/C20H23FN2O3S/c1-16(17-6-3-2-4-7-17)14-20(24)22-10-12-23(13-11-22)27(25,26)19-9-5-8-18(21)15-19/h2-9,15-16H,10-14H2,1H3/t16-/m1/s1. The van der Waals surface area contributed by atoms with Gasteiger partial charge in [-0.3, -0.25) is 4.79 Å². The molecule has 0 saturated carbocycles. The van der Waals surface area contributed by atoms with Crippen molar-refractivity contribution in [3.63, 3.8) is 0 Å². The molecule has 0 spiro atoms. The number of piperazine rings is 1. The van der Waals surface area contributed by atoms with Gasteiger partial charge in [0.05, 0.1) is 4.90 Å². The molecule has 1 aliphatic rings. The minimum atomic E-state index is -3.74. The van der Waals surface area contributed by atoms with E-state index in [0.717, 1.165) is 11.6 Å². The lowest BCUT2D eigenvalue weighted by Crippen LogP contribution is -2.50. The Hall–Kier alpha value is -2.25. The van der Waals surface area contributed by atoms with Crippen LogP contribution in [0, 0.1) is 5.82 Å². The van der Waals surface area contributed by atoms with Gasteiger partial charge >= 0.3 is 0 Å². The van der Waals surface area contributed by atoms with Crippen LogP contribution in [0.25, 0.3) is 0 Å². The molecule has 27 heavy (non-hydrogen) atoms. The monoisotopic (exact) mass is 390 g/mol. The van der Waals surface area contributed by atoms with Gasteiger partial charge in [-0.2, -0.15) is 4.31 Å². The number of carbonyl (C=O) groups is 1. The van der Waals surface area contributed by atoms with E-state index in [0.29, 0.717) is 19.5 Å². The van der Waals surface area contributed by atoms with Crippen LogP contribution in [0.2, 0.25) is 0 Å². The molecule has 144 valence electrons. The van der Waals surface area contributed by atoms with E-state index in [1.807, 2.05) is 37.3 Å². The Morgan fingerprint density at radius 3 is 2.33 bits per heavy atom. The summed E-state index contributed by atoms with van der Waals surface area (Å²) in [5, 5.41) is 0. The molecule has 0 N–H and O–H groups in total. The van der Waals surface area contributed by atoms with Crippen LogP contribution < -0.4 is 0 Å². The molecular weight excluding hydrogens is 367 g/mol. The highest BCUT2D eigenvalue weighted by molar-refractivity contribution is 7.89. The van der Waals surface area contributed by atoms with Crippen molar-refractivity contribution in [1.29, 1.82) is 0 Å². The summed E-state index contributed by atoms with van der Waals surface area (Å²) >= 11 is 0. The van der Waals surface area contributed by atoms with Crippen LogP contribution in [0.3, 0.4) is 0 Å². The van der Waals surface area contributed by atoms with Gasteiger partial charge in [0, 0.05) is 32.6 Å². The molecule has 5 nitrogen and oxygen atoms in total. The van der Waals surface area contributed by atoms with E-state index < -0.39 is 15.8 Å². The summed E-state index contributed by atoms with van der Waals surface area (Å²) in [7, 11) is -3.74. The third-order valence-electron chi connectivity index (χ3n) is 4.87. The number of halogens is 1. The molecule has 0 aliphatic carbocycles. The summed E-state index contributed by atoms with van der Waals surface area (Å²) in [6.45, 7) is 3.12. The van der Waals surface area contributed by atoms with Crippen LogP contribution in [-0.2, 0) is 14.8 Å². The Labute approximate surface area is 159 Å². The lowest BCUT2D eigenvalue weighted by molar-refractivity contribution is -0.132. The largest absolute Gasteiger partial charge is 0.340 e. The van der Waals surface area contributed by atoms with E-state index in [9.17, 15) is 17.6 Å². The molecule has 1 atom stereocenters. The average molecular weight is 390 g/mol. The number of benzene rings is 2.